The largest absolute Gasteiger partial charge is 0.314 e. The van der Waals surface area contributed by atoms with Gasteiger partial charge in [0.15, 0.2) is 0 Å². The summed E-state index contributed by atoms with van der Waals surface area (Å²) in [6, 6.07) is 0.728. The summed E-state index contributed by atoms with van der Waals surface area (Å²) >= 11 is 0. The lowest BCUT2D eigenvalue weighted by molar-refractivity contribution is 0.201. The van der Waals surface area contributed by atoms with Crippen molar-refractivity contribution in [3.05, 3.63) is 0 Å². The third kappa shape index (κ3) is 2.17. The van der Waals surface area contributed by atoms with Crippen molar-refractivity contribution < 1.29 is 0 Å². The van der Waals surface area contributed by atoms with Crippen LogP contribution in [0.25, 0.3) is 0 Å². The average Bonchev–Trinajstić information content (AvgIpc) is 2.18. The van der Waals surface area contributed by atoms with Gasteiger partial charge < -0.3 is 5.32 Å². The van der Waals surface area contributed by atoms with Gasteiger partial charge >= 0.3 is 0 Å². The molecule has 2 heteroatoms. The number of aliphatic imine (C=N–C) groups is 1. The van der Waals surface area contributed by atoms with Crippen molar-refractivity contribution in [3.8, 4) is 0 Å². The molecule has 4 unspecified atom stereocenters. The number of rotatable bonds is 1. The predicted octanol–water partition coefficient (Wildman–Crippen LogP) is 2.10. The Morgan fingerprint density at radius 2 is 2.21 bits per heavy atom. The van der Waals surface area contributed by atoms with Crippen LogP contribution in [-0.4, -0.2) is 25.3 Å². The lowest BCUT2D eigenvalue weighted by Crippen LogP contribution is -2.46. The van der Waals surface area contributed by atoms with E-state index in [0.29, 0.717) is 0 Å². The van der Waals surface area contributed by atoms with Crippen molar-refractivity contribution in [2.75, 3.05) is 13.1 Å². The highest BCUT2D eigenvalue weighted by Gasteiger charge is 2.30. The molecule has 0 aromatic heterocycles. The highest BCUT2D eigenvalue weighted by Crippen LogP contribution is 2.28. The van der Waals surface area contributed by atoms with Gasteiger partial charge in [-0.3, -0.25) is 4.99 Å². The smallest absolute Gasteiger partial charge is 0.0431 e. The first-order valence-electron chi connectivity index (χ1n) is 5.99. The van der Waals surface area contributed by atoms with E-state index in [1.165, 1.54) is 25.8 Å². The molecule has 0 amide bonds. The number of nitrogens with one attached hydrogen (secondary N) is 1. The molecule has 4 atom stereocenters. The molecule has 1 fully saturated rings. The number of nitrogens with zero attached hydrogens (tertiary/aromatic N) is 1. The first-order chi connectivity index (χ1) is 6.77. The van der Waals surface area contributed by atoms with E-state index in [1.807, 2.05) is 0 Å². The van der Waals surface area contributed by atoms with Gasteiger partial charge in [0.05, 0.1) is 0 Å². The molecule has 0 bridgehead atoms. The number of hydrogen-bond donors (Lipinski definition) is 1. The van der Waals surface area contributed by atoms with E-state index in [0.717, 1.165) is 30.3 Å². The van der Waals surface area contributed by atoms with E-state index in [2.05, 4.69) is 30.4 Å². The van der Waals surface area contributed by atoms with E-state index in [9.17, 15) is 0 Å². The quantitative estimate of drug-likeness (QED) is 0.679. The SMILES string of the molecule is CC1CCNC(C2CN=CCC2C)C1. The zero-order chi connectivity index (χ0) is 9.97. The van der Waals surface area contributed by atoms with Gasteiger partial charge in [-0.1, -0.05) is 13.8 Å². The molecule has 0 aliphatic carbocycles. The second-order valence-corrected chi connectivity index (χ2v) is 5.11. The van der Waals surface area contributed by atoms with Gasteiger partial charge in [-0.15, -0.1) is 0 Å². The molecular weight excluding hydrogens is 172 g/mol. The minimum Gasteiger partial charge on any atom is -0.314 e. The topological polar surface area (TPSA) is 24.4 Å². The number of piperidine rings is 1. The Balaban J connectivity index is 1.95. The van der Waals surface area contributed by atoms with Crippen LogP contribution in [0.3, 0.4) is 0 Å². The summed E-state index contributed by atoms with van der Waals surface area (Å²) in [4.78, 5) is 4.44. The lowest BCUT2D eigenvalue weighted by Gasteiger charge is -2.37. The fraction of sp³-hybridized carbons (Fsp3) is 0.917. The summed E-state index contributed by atoms with van der Waals surface area (Å²) in [5.74, 6) is 2.50. The van der Waals surface area contributed by atoms with Crippen LogP contribution in [0.1, 0.15) is 33.1 Å². The minimum absolute atomic E-state index is 0.728. The van der Waals surface area contributed by atoms with Crippen molar-refractivity contribution in [1.82, 2.24) is 5.32 Å². The Morgan fingerprint density at radius 3 is 2.93 bits per heavy atom. The summed E-state index contributed by atoms with van der Waals surface area (Å²) in [5.41, 5.74) is 0. The van der Waals surface area contributed by atoms with E-state index in [1.54, 1.807) is 0 Å². The van der Waals surface area contributed by atoms with Crippen molar-refractivity contribution in [1.29, 1.82) is 0 Å². The molecule has 0 spiro atoms. The second-order valence-electron chi connectivity index (χ2n) is 5.11. The molecule has 0 aromatic rings. The minimum atomic E-state index is 0.728. The molecule has 1 N–H and O–H groups in total. The molecule has 1 saturated heterocycles. The summed E-state index contributed by atoms with van der Waals surface area (Å²) in [7, 11) is 0. The van der Waals surface area contributed by atoms with Crippen molar-refractivity contribution in [2.24, 2.45) is 22.7 Å². The predicted molar refractivity (Wildman–Crippen MR) is 60.8 cm³/mol. The van der Waals surface area contributed by atoms with Crippen LogP contribution in [0, 0.1) is 17.8 Å². The molecular formula is C12H22N2. The van der Waals surface area contributed by atoms with Crippen molar-refractivity contribution in [2.45, 2.75) is 39.2 Å². The van der Waals surface area contributed by atoms with Gasteiger partial charge in [-0.25, -0.2) is 0 Å². The lowest BCUT2D eigenvalue weighted by atomic mass is 9.78. The Kier molecular flexibility index (Phi) is 3.22. The second kappa shape index (κ2) is 4.43. The molecule has 2 aliphatic heterocycles. The van der Waals surface area contributed by atoms with E-state index in [4.69, 9.17) is 0 Å². The van der Waals surface area contributed by atoms with E-state index < -0.39 is 0 Å². The van der Waals surface area contributed by atoms with Crippen LogP contribution < -0.4 is 5.32 Å². The fourth-order valence-corrected chi connectivity index (χ4v) is 2.79. The normalized spacial score (nSPS) is 43.9. The summed E-state index contributed by atoms with van der Waals surface area (Å²) in [6.45, 7) is 7.01. The summed E-state index contributed by atoms with van der Waals surface area (Å²) in [6.07, 6.45) is 5.98. The first kappa shape index (κ1) is 10.2. The van der Waals surface area contributed by atoms with Gasteiger partial charge in [0.25, 0.3) is 0 Å². The third-order valence-electron chi connectivity index (χ3n) is 3.87. The maximum absolute atomic E-state index is 4.44. The molecule has 0 radical (unpaired) electrons. The Morgan fingerprint density at radius 1 is 1.36 bits per heavy atom. The monoisotopic (exact) mass is 194 g/mol. The highest BCUT2D eigenvalue weighted by molar-refractivity contribution is 5.58. The van der Waals surface area contributed by atoms with Crippen LogP contribution >= 0.6 is 0 Å². The van der Waals surface area contributed by atoms with E-state index in [-0.39, 0.29) is 0 Å². The van der Waals surface area contributed by atoms with Gasteiger partial charge in [0.2, 0.25) is 0 Å². The summed E-state index contributed by atoms with van der Waals surface area (Å²) < 4.78 is 0. The van der Waals surface area contributed by atoms with Crippen molar-refractivity contribution in [3.63, 3.8) is 0 Å². The van der Waals surface area contributed by atoms with Gasteiger partial charge in [-0.2, -0.15) is 0 Å². The molecule has 2 rings (SSSR count). The molecule has 0 aromatic carbocycles. The molecule has 2 nitrogen and oxygen atoms in total. The maximum Gasteiger partial charge on any atom is 0.0431 e. The highest BCUT2D eigenvalue weighted by atomic mass is 14.9. The zero-order valence-electron chi connectivity index (χ0n) is 9.37. The molecule has 2 heterocycles. The van der Waals surface area contributed by atoms with Crippen LogP contribution in [0.2, 0.25) is 0 Å². The Bertz CT molecular complexity index is 212. The average molecular weight is 194 g/mol. The van der Waals surface area contributed by atoms with Crippen LogP contribution in [0.4, 0.5) is 0 Å². The van der Waals surface area contributed by atoms with Gasteiger partial charge in [-0.05, 0) is 49.8 Å². The van der Waals surface area contributed by atoms with Crippen molar-refractivity contribution >= 4 is 6.21 Å². The van der Waals surface area contributed by atoms with Crippen LogP contribution in [0.5, 0.6) is 0 Å². The van der Waals surface area contributed by atoms with Crippen LogP contribution in [0.15, 0.2) is 4.99 Å². The van der Waals surface area contributed by atoms with E-state index >= 15 is 0 Å². The third-order valence-corrected chi connectivity index (χ3v) is 3.87. The maximum atomic E-state index is 4.44. The van der Waals surface area contributed by atoms with Gasteiger partial charge in [0.1, 0.15) is 0 Å². The Labute approximate surface area is 87.2 Å². The number of hydrogen-bond acceptors (Lipinski definition) is 2. The Hall–Kier alpha value is -0.370. The molecule has 2 aliphatic rings. The molecule has 0 saturated carbocycles. The van der Waals surface area contributed by atoms with Gasteiger partial charge in [0, 0.05) is 12.6 Å². The van der Waals surface area contributed by atoms with Crippen LogP contribution in [-0.2, 0) is 0 Å². The molecule has 80 valence electrons. The summed E-state index contributed by atoms with van der Waals surface area (Å²) in [5, 5.41) is 3.68. The zero-order valence-corrected chi connectivity index (χ0v) is 9.37. The molecule has 14 heavy (non-hydrogen) atoms. The fourth-order valence-electron chi connectivity index (χ4n) is 2.79. The standard InChI is InChI=1S/C12H22N2/c1-9-3-6-14-12(7-9)11-8-13-5-4-10(11)2/h5,9-12,14H,3-4,6-8H2,1-2H3. The first-order valence-corrected chi connectivity index (χ1v) is 5.99.